The number of esters is 2. The van der Waals surface area contributed by atoms with Crippen LogP contribution in [0.2, 0.25) is 0 Å². The maximum absolute atomic E-state index is 12.6. The summed E-state index contributed by atoms with van der Waals surface area (Å²) in [6.45, 7) is 8.71. The summed E-state index contributed by atoms with van der Waals surface area (Å²) in [4.78, 5) is 24.1. The number of rotatable bonds is 18. The Morgan fingerprint density at radius 1 is 0.610 bits per heavy atom. The molecule has 0 aliphatic heterocycles. The summed E-state index contributed by atoms with van der Waals surface area (Å²) in [6.07, 6.45) is 1.73. The van der Waals surface area contributed by atoms with Crippen LogP contribution in [0.3, 0.4) is 0 Å². The Labute approximate surface area is 242 Å². The summed E-state index contributed by atoms with van der Waals surface area (Å²) in [5.41, 5.74) is 2.50. The van der Waals surface area contributed by atoms with Crippen molar-refractivity contribution in [3.8, 4) is 28.4 Å². The molecule has 3 aromatic carbocycles. The van der Waals surface area contributed by atoms with Crippen LogP contribution in [-0.4, -0.2) is 58.2 Å². The van der Waals surface area contributed by atoms with Crippen molar-refractivity contribution >= 4 is 11.9 Å². The van der Waals surface area contributed by atoms with E-state index < -0.39 is 5.97 Å². The molecule has 1 atom stereocenters. The molecule has 0 aromatic heterocycles. The standard InChI is InChI=1S/C33H40O8/c1-4-18-38-29-12-6-26(7-13-29)27-8-16-31(17-9-27)41-33(35)28-10-14-30(15-11-28)39-23-21-36-19-20-37-22-24-40-32(34)25(3)5-2/h6-17,25H,4-5,18-24H2,1-3H3. The highest BCUT2D eigenvalue weighted by atomic mass is 16.6. The van der Waals surface area contributed by atoms with E-state index >= 15 is 0 Å². The van der Waals surface area contributed by atoms with Crippen molar-refractivity contribution in [2.45, 2.75) is 33.6 Å². The average molecular weight is 565 g/mol. The smallest absolute Gasteiger partial charge is 0.343 e. The number of ether oxygens (including phenoxy) is 6. The Kier molecular flexibility index (Phi) is 13.7. The molecule has 1 unspecified atom stereocenters. The number of hydrogen-bond acceptors (Lipinski definition) is 8. The minimum Gasteiger partial charge on any atom is -0.494 e. The molecule has 0 aliphatic carbocycles. The molecule has 0 aliphatic rings. The zero-order chi connectivity index (χ0) is 29.3. The van der Waals surface area contributed by atoms with Crippen LogP contribution in [0, 0.1) is 5.92 Å². The Bertz CT molecular complexity index is 1170. The second-order valence-electron chi connectivity index (χ2n) is 9.36. The minimum atomic E-state index is -0.445. The second-order valence-corrected chi connectivity index (χ2v) is 9.36. The number of carbonyl (C=O) groups excluding carboxylic acids is 2. The molecule has 3 aromatic rings. The molecule has 0 heterocycles. The Balaban J connectivity index is 1.30. The van der Waals surface area contributed by atoms with Gasteiger partial charge in [-0.3, -0.25) is 4.79 Å². The molecule has 0 spiro atoms. The molecule has 0 bridgehead atoms. The third-order valence-corrected chi connectivity index (χ3v) is 6.17. The first kappa shape index (κ1) is 31.6. The Morgan fingerprint density at radius 3 is 1.66 bits per heavy atom. The summed E-state index contributed by atoms with van der Waals surface area (Å²) in [5.74, 6) is 1.21. The van der Waals surface area contributed by atoms with Crippen molar-refractivity contribution in [1.29, 1.82) is 0 Å². The van der Waals surface area contributed by atoms with Crippen molar-refractivity contribution < 1.29 is 38.0 Å². The SMILES string of the molecule is CCCOc1ccc(-c2ccc(OC(=O)c3ccc(OCCOCCOCCOC(=O)C(C)CC)cc3)cc2)cc1. The van der Waals surface area contributed by atoms with Gasteiger partial charge in [0.05, 0.1) is 44.5 Å². The molecular weight excluding hydrogens is 524 g/mol. The van der Waals surface area contributed by atoms with Crippen molar-refractivity contribution in [2.24, 2.45) is 5.92 Å². The predicted molar refractivity (Wildman–Crippen MR) is 157 cm³/mol. The van der Waals surface area contributed by atoms with E-state index in [1.807, 2.05) is 50.2 Å². The first-order valence-corrected chi connectivity index (χ1v) is 14.1. The lowest BCUT2D eigenvalue weighted by atomic mass is 10.1. The topological polar surface area (TPSA) is 89.5 Å². The highest BCUT2D eigenvalue weighted by Crippen LogP contribution is 2.25. The van der Waals surface area contributed by atoms with Gasteiger partial charge in [-0.25, -0.2) is 4.79 Å². The van der Waals surface area contributed by atoms with Gasteiger partial charge in [-0.1, -0.05) is 45.0 Å². The fourth-order valence-electron chi connectivity index (χ4n) is 3.58. The number of benzene rings is 3. The van der Waals surface area contributed by atoms with Crippen LogP contribution < -0.4 is 14.2 Å². The highest BCUT2D eigenvalue weighted by molar-refractivity contribution is 5.91. The van der Waals surface area contributed by atoms with Gasteiger partial charge in [-0.2, -0.15) is 0 Å². The molecular formula is C33H40O8. The van der Waals surface area contributed by atoms with E-state index in [1.165, 1.54) is 0 Å². The van der Waals surface area contributed by atoms with Gasteiger partial charge in [0, 0.05) is 0 Å². The zero-order valence-corrected chi connectivity index (χ0v) is 24.1. The summed E-state index contributed by atoms with van der Waals surface area (Å²) in [5, 5.41) is 0. The van der Waals surface area contributed by atoms with Crippen molar-refractivity contribution in [3.05, 3.63) is 78.4 Å². The average Bonchev–Trinajstić information content (AvgIpc) is 3.01. The first-order chi connectivity index (χ1) is 20.0. The zero-order valence-electron chi connectivity index (χ0n) is 24.1. The number of hydrogen-bond donors (Lipinski definition) is 0. The summed E-state index contributed by atoms with van der Waals surface area (Å²) in [6, 6.07) is 22.1. The number of carbonyl (C=O) groups is 2. The van der Waals surface area contributed by atoms with Crippen molar-refractivity contribution in [3.63, 3.8) is 0 Å². The van der Waals surface area contributed by atoms with Crippen LogP contribution in [0.15, 0.2) is 72.8 Å². The molecule has 0 saturated carbocycles. The van der Waals surface area contributed by atoms with Gasteiger partial charge < -0.3 is 28.4 Å². The van der Waals surface area contributed by atoms with Crippen LogP contribution in [0.4, 0.5) is 0 Å². The van der Waals surface area contributed by atoms with Gasteiger partial charge in [-0.15, -0.1) is 0 Å². The van der Waals surface area contributed by atoms with E-state index in [0.717, 1.165) is 29.7 Å². The van der Waals surface area contributed by atoms with Gasteiger partial charge in [0.15, 0.2) is 0 Å². The van der Waals surface area contributed by atoms with Crippen molar-refractivity contribution in [2.75, 3.05) is 46.2 Å². The van der Waals surface area contributed by atoms with Crippen LogP contribution in [0.25, 0.3) is 11.1 Å². The van der Waals surface area contributed by atoms with E-state index in [0.29, 0.717) is 56.7 Å². The van der Waals surface area contributed by atoms with E-state index in [4.69, 9.17) is 28.4 Å². The maximum Gasteiger partial charge on any atom is 0.343 e. The van der Waals surface area contributed by atoms with Gasteiger partial charge in [0.2, 0.25) is 0 Å². The molecule has 41 heavy (non-hydrogen) atoms. The molecule has 0 radical (unpaired) electrons. The lowest BCUT2D eigenvalue weighted by Crippen LogP contribution is -2.18. The monoisotopic (exact) mass is 564 g/mol. The van der Waals surface area contributed by atoms with Gasteiger partial charge in [0.25, 0.3) is 0 Å². The van der Waals surface area contributed by atoms with E-state index in [1.54, 1.807) is 36.4 Å². The molecule has 0 saturated heterocycles. The van der Waals surface area contributed by atoms with Gasteiger partial charge >= 0.3 is 11.9 Å². The quantitative estimate of drug-likeness (QED) is 0.100. The maximum atomic E-state index is 12.6. The minimum absolute atomic E-state index is 0.0899. The normalized spacial score (nSPS) is 11.5. The Morgan fingerprint density at radius 2 is 1.10 bits per heavy atom. The molecule has 0 fully saturated rings. The fraction of sp³-hybridized carbons (Fsp3) is 0.394. The molecule has 8 nitrogen and oxygen atoms in total. The van der Waals surface area contributed by atoms with Crippen LogP contribution in [0.5, 0.6) is 17.2 Å². The second kappa shape index (κ2) is 17.7. The van der Waals surface area contributed by atoms with Crippen molar-refractivity contribution in [1.82, 2.24) is 0 Å². The molecule has 8 heteroatoms. The van der Waals surface area contributed by atoms with E-state index in [2.05, 4.69) is 6.92 Å². The summed E-state index contributed by atoms with van der Waals surface area (Å²) >= 11 is 0. The molecule has 220 valence electrons. The predicted octanol–water partition coefficient (Wildman–Crippen LogP) is 6.36. The van der Waals surface area contributed by atoms with Crippen LogP contribution >= 0.6 is 0 Å². The third kappa shape index (κ3) is 11.3. The molecule has 0 N–H and O–H groups in total. The van der Waals surface area contributed by atoms with E-state index in [9.17, 15) is 9.59 Å². The van der Waals surface area contributed by atoms with Gasteiger partial charge in [-0.05, 0) is 72.5 Å². The summed E-state index contributed by atoms with van der Waals surface area (Å²) in [7, 11) is 0. The van der Waals surface area contributed by atoms with Crippen LogP contribution in [0.1, 0.15) is 44.0 Å². The van der Waals surface area contributed by atoms with E-state index in [-0.39, 0.29) is 18.5 Å². The Hall–Kier alpha value is -3.88. The fourth-order valence-corrected chi connectivity index (χ4v) is 3.58. The van der Waals surface area contributed by atoms with Crippen LogP contribution in [-0.2, 0) is 19.0 Å². The molecule has 3 rings (SSSR count). The highest BCUT2D eigenvalue weighted by Gasteiger charge is 2.11. The lowest BCUT2D eigenvalue weighted by molar-refractivity contribution is -0.149. The third-order valence-electron chi connectivity index (χ3n) is 6.17. The molecule has 0 amide bonds. The first-order valence-electron chi connectivity index (χ1n) is 14.1. The summed E-state index contributed by atoms with van der Waals surface area (Å²) < 4.78 is 32.8. The largest absolute Gasteiger partial charge is 0.494 e. The van der Waals surface area contributed by atoms with Gasteiger partial charge in [0.1, 0.15) is 30.5 Å². The lowest BCUT2D eigenvalue weighted by Gasteiger charge is -2.10.